The van der Waals surface area contributed by atoms with Crippen LogP contribution in [-0.2, 0) is 22.6 Å². The number of rotatable bonds is 6. The molecule has 0 aliphatic carbocycles. The van der Waals surface area contributed by atoms with Crippen molar-refractivity contribution in [3.63, 3.8) is 0 Å². The summed E-state index contributed by atoms with van der Waals surface area (Å²) >= 11 is 0. The Bertz CT molecular complexity index is 866. The topological polar surface area (TPSA) is 110 Å². The van der Waals surface area contributed by atoms with Crippen LogP contribution in [0.4, 0.5) is 5.69 Å². The Hall–Kier alpha value is -3.35. The van der Waals surface area contributed by atoms with Crippen LogP contribution in [0.15, 0.2) is 48.5 Å². The van der Waals surface area contributed by atoms with Crippen LogP contribution in [-0.4, -0.2) is 40.4 Å². The summed E-state index contributed by atoms with van der Waals surface area (Å²) in [6.45, 7) is -0.431. The Morgan fingerprint density at radius 2 is 1.93 bits per heavy atom. The third-order valence-electron chi connectivity index (χ3n) is 4.54. The molecule has 0 bridgehead atoms. The number of aryl methyl sites for hydroxylation is 1. The van der Waals surface area contributed by atoms with Crippen molar-refractivity contribution in [1.29, 1.82) is 0 Å². The van der Waals surface area contributed by atoms with E-state index in [0.717, 1.165) is 5.56 Å². The molecule has 0 fully saturated rings. The highest BCUT2D eigenvalue weighted by atomic mass is 16.4. The number of carboxylic acids is 2. The van der Waals surface area contributed by atoms with Gasteiger partial charge in [0.1, 0.15) is 6.04 Å². The van der Waals surface area contributed by atoms with E-state index in [2.05, 4.69) is 5.32 Å². The Kier molecular flexibility index (Phi) is 5.40. The number of carbonyl (C=O) groups is 3. The molecule has 1 aliphatic rings. The number of nitrogens with zero attached hydrogens (tertiary/aromatic N) is 1. The average molecular weight is 367 g/mol. The lowest BCUT2D eigenvalue weighted by molar-refractivity contribution is -0.306. The Morgan fingerprint density at radius 1 is 1.19 bits per heavy atom. The highest BCUT2D eigenvalue weighted by molar-refractivity contribution is 5.92. The minimum Gasteiger partial charge on any atom is -0.548 e. The average Bonchev–Trinajstić information content (AvgIpc) is 2.77. The van der Waals surface area contributed by atoms with Crippen molar-refractivity contribution in [1.82, 2.24) is 4.90 Å². The molecule has 2 aromatic carbocycles. The van der Waals surface area contributed by atoms with Gasteiger partial charge in [-0.15, -0.1) is 0 Å². The lowest BCUT2D eigenvalue weighted by Crippen LogP contribution is -2.46. The Labute approximate surface area is 156 Å². The van der Waals surface area contributed by atoms with E-state index in [9.17, 15) is 24.6 Å². The molecule has 1 aliphatic heterocycles. The highest BCUT2D eigenvalue weighted by Gasteiger charge is 2.29. The van der Waals surface area contributed by atoms with Crippen LogP contribution >= 0.6 is 0 Å². The van der Waals surface area contributed by atoms with Gasteiger partial charge in [0, 0.05) is 12.2 Å². The number of carboxylic acid groups (broad SMARTS) is 2. The molecule has 2 aromatic rings. The van der Waals surface area contributed by atoms with Gasteiger partial charge in [0.2, 0.25) is 5.91 Å². The predicted octanol–water partition coefficient (Wildman–Crippen LogP) is 0.890. The number of benzene rings is 2. The fourth-order valence-corrected chi connectivity index (χ4v) is 3.18. The number of fused-ring (bicyclic) bond motifs is 1. The zero-order chi connectivity index (χ0) is 19.4. The zero-order valence-corrected chi connectivity index (χ0v) is 14.6. The number of carbonyl (C=O) groups excluding carboxylic acids is 2. The third-order valence-corrected chi connectivity index (χ3v) is 4.54. The number of nitrogens with one attached hydrogen (secondary N) is 1. The second kappa shape index (κ2) is 7.90. The molecule has 0 spiro atoms. The quantitative estimate of drug-likeness (QED) is 0.785. The molecule has 1 unspecified atom stereocenters. The number of aliphatic carboxylic acids is 1. The van der Waals surface area contributed by atoms with Gasteiger partial charge < -0.3 is 25.2 Å². The van der Waals surface area contributed by atoms with Gasteiger partial charge in [-0.25, -0.2) is 4.79 Å². The van der Waals surface area contributed by atoms with Crippen LogP contribution in [0.2, 0.25) is 0 Å². The lowest BCUT2D eigenvalue weighted by Gasteiger charge is -2.25. The minimum atomic E-state index is -1.34. The van der Waals surface area contributed by atoms with Gasteiger partial charge in [-0.1, -0.05) is 36.4 Å². The SMILES string of the molecule is O=C([O-])CN1Cc2ccc(C(=O)O)cc2NC(CCc2ccccc2)C1=O. The monoisotopic (exact) mass is 367 g/mol. The van der Waals surface area contributed by atoms with Crippen molar-refractivity contribution in [3.05, 3.63) is 65.2 Å². The first-order valence-electron chi connectivity index (χ1n) is 8.59. The van der Waals surface area contributed by atoms with Crippen molar-refractivity contribution in [2.75, 3.05) is 11.9 Å². The van der Waals surface area contributed by atoms with Gasteiger partial charge in [-0.05, 0) is 36.1 Å². The molecule has 0 aromatic heterocycles. The van der Waals surface area contributed by atoms with Crippen LogP contribution in [0.1, 0.15) is 27.9 Å². The van der Waals surface area contributed by atoms with Crippen LogP contribution in [0, 0.1) is 0 Å². The first-order valence-corrected chi connectivity index (χ1v) is 8.59. The van der Waals surface area contributed by atoms with E-state index in [1.165, 1.54) is 17.0 Å². The van der Waals surface area contributed by atoms with E-state index in [4.69, 9.17) is 0 Å². The molecule has 1 atom stereocenters. The zero-order valence-electron chi connectivity index (χ0n) is 14.6. The fraction of sp³-hybridized carbons (Fsp3) is 0.250. The van der Waals surface area contributed by atoms with Gasteiger partial charge in [0.15, 0.2) is 0 Å². The van der Waals surface area contributed by atoms with Crippen molar-refractivity contribution >= 4 is 23.5 Å². The van der Waals surface area contributed by atoms with Crippen LogP contribution in [0.25, 0.3) is 0 Å². The summed E-state index contributed by atoms with van der Waals surface area (Å²) in [5.74, 6) is -2.75. The highest BCUT2D eigenvalue weighted by Crippen LogP contribution is 2.26. The largest absolute Gasteiger partial charge is 0.548 e. The number of aromatic carboxylic acids is 1. The lowest BCUT2D eigenvalue weighted by atomic mass is 10.0. The summed E-state index contributed by atoms with van der Waals surface area (Å²) in [5.41, 5.74) is 2.35. The van der Waals surface area contributed by atoms with E-state index in [1.807, 2.05) is 30.3 Å². The van der Waals surface area contributed by atoms with E-state index in [0.29, 0.717) is 24.1 Å². The van der Waals surface area contributed by atoms with Crippen molar-refractivity contribution < 1.29 is 24.6 Å². The Morgan fingerprint density at radius 3 is 2.59 bits per heavy atom. The molecule has 0 saturated carbocycles. The number of hydrogen-bond acceptors (Lipinski definition) is 5. The van der Waals surface area contributed by atoms with E-state index < -0.39 is 24.5 Å². The number of hydrogen-bond donors (Lipinski definition) is 2. The van der Waals surface area contributed by atoms with E-state index in [1.54, 1.807) is 6.07 Å². The number of anilines is 1. The summed E-state index contributed by atoms with van der Waals surface area (Å²) in [5, 5.41) is 23.4. The van der Waals surface area contributed by atoms with Gasteiger partial charge >= 0.3 is 5.97 Å². The summed E-state index contributed by atoms with van der Waals surface area (Å²) in [4.78, 5) is 36.4. The second-order valence-electron chi connectivity index (χ2n) is 6.46. The van der Waals surface area contributed by atoms with E-state index >= 15 is 0 Å². The maximum atomic E-state index is 12.8. The number of amides is 1. The summed E-state index contributed by atoms with van der Waals surface area (Å²) in [6.07, 6.45) is 1.07. The summed E-state index contributed by atoms with van der Waals surface area (Å²) in [7, 11) is 0. The van der Waals surface area contributed by atoms with Crippen LogP contribution < -0.4 is 10.4 Å². The third kappa shape index (κ3) is 4.44. The summed E-state index contributed by atoms with van der Waals surface area (Å²) < 4.78 is 0. The molecule has 7 nitrogen and oxygen atoms in total. The van der Waals surface area contributed by atoms with Gasteiger partial charge in [-0.3, -0.25) is 4.79 Å². The van der Waals surface area contributed by atoms with Crippen molar-refractivity contribution in [2.45, 2.75) is 25.4 Å². The molecule has 0 saturated heterocycles. The van der Waals surface area contributed by atoms with Gasteiger partial charge in [-0.2, -0.15) is 0 Å². The molecule has 1 heterocycles. The predicted molar refractivity (Wildman–Crippen MR) is 96.0 cm³/mol. The minimum absolute atomic E-state index is 0.0802. The van der Waals surface area contributed by atoms with Gasteiger partial charge in [0.25, 0.3) is 0 Å². The molecular formula is C20H19N2O5-. The molecule has 2 N–H and O–H groups in total. The smallest absolute Gasteiger partial charge is 0.335 e. The van der Waals surface area contributed by atoms with Crippen LogP contribution in [0.5, 0.6) is 0 Å². The maximum absolute atomic E-state index is 12.8. The molecule has 0 radical (unpaired) electrons. The summed E-state index contributed by atoms with van der Waals surface area (Å²) in [6, 6.07) is 13.5. The second-order valence-corrected chi connectivity index (χ2v) is 6.46. The van der Waals surface area contributed by atoms with E-state index in [-0.39, 0.29) is 18.0 Å². The molecule has 1 amide bonds. The first kappa shape index (κ1) is 18.4. The van der Waals surface area contributed by atoms with Crippen LogP contribution in [0.3, 0.4) is 0 Å². The van der Waals surface area contributed by atoms with Gasteiger partial charge in [0.05, 0.1) is 18.1 Å². The van der Waals surface area contributed by atoms with Crippen molar-refractivity contribution in [2.24, 2.45) is 0 Å². The Balaban J connectivity index is 1.88. The maximum Gasteiger partial charge on any atom is 0.335 e. The molecule has 3 rings (SSSR count). The standard InChI is InChI=1S/C20H20N2O5/c23-18(24)12-22-11-15-8-7-14(20(26)27)10-17(15)21-16(19(22)25)9-6-13-4-2-1-3-5-13/h1-5,7-8,10,16,21H,6,9,11-12H2,(H,23,24)(H,26,27)/p-1. The van der Waals surface area contributed by atoms with Crippen molar-refractivity contribution in [3.8, 4) is 0 Å². The first-order chi connectivity index (χ1) is 12.9. The molecule has 7 heteroatoms. The normalized spacial score (nSPS) is 16.2. The molecule has 27 heavy (non-hydrogen) atoms. The molecular weight excluding hydrogens is 348 g/mol. The fourth-order valence-electron chi connectivity index (χ4n) is 3.18. The molecule has 140 valence electrons.